The topological polar surface area (TPSA) is 81.2 Å². The van der Waals surface area contributed by atoms with Crippen molar-refractivity contribution < 1.29 is 9.47 Å². The Hall–Kier alpha value is -3.23. The molecule has 0 radical (unpaired) electrons. The molecule has 0 unspecified atom stereocenters. The van der Waals surface area contributed by atoms with Crippen LogP contribution in [-0.4, -0.2) is 19.2 Å². The van der Waals surface area contributed by atoms with E-state index in [1.807, 2.05) is 30.3 Å². The van der Waals surface area contributed by atoms with Crippen LogP contribution in [0.15, 0.2) is 48.5 Å². The van der Waals surface area contributed by atoms with Crippen LogP contribution in [0.2, 0.25) is 5.02 Å². The fourth-order valence-electron chi connectivity index (χ4n) is 2.80. The van der Waals surface area contributed by atoms with E-state index in [-0.39, 0.29) is 11.4 Å². The molecule has 0 aliphatic carbocycles. The van der Waals surface area contributed by atoms with Crippen LogP contribution in [0.4, 0.5) is 5.82 Å². The average Bonchev–Trinajstić information content (AvgIpc) is 2.66. The van der Waals surface area contributed by atoms with Crippen LogP contribution in [-0.2, 0) is 0 Å². The van der Waals surface area contributed by atoms with Crippen molar-refractivity contribution in [2.75, 3.05) is 20.0 Å². The first kappa shape index (κ1) is 17.6. The van der Waals surface area contributed by atoms with Gasteiger partial charge in [0.25, 0.3) is 0 Å². The quantitative estimate of drug-likeness (QED) is 0.734. The number of para-hydroxylation sites is 1. The SMILES string of the molecule is COc1cccc(-c2cc(-c3ccccc3Cl)nc(N)c2C#N)c1OC. The number of ether oxygens (including phenoxy) is 2. The molecule has 3 aromatic rings. The number of hydrogen-bond donors (Lipinski definition) is 1. The highest BCUT2D eigenvalue weighted by molar-refractivity contribution is 6.33. The van der Waals surface area contributed by atoms with Gasteiger partial charge in [-0.25, -0.2) is 4.98 Å². The van der Waals surface area contributed by atoms with E-state index in [4.69, 9.17) is 26.8 Å². The first-order chi connectivity index (χ1) is 12.6. The molecule has 6 heteroatoms. The number of rotatable bonds is 4. The summed E-state index contributed by atoms with van der Waals surface area (Å²) in [5.74, 6) is 1.20. The van der Waals surface area contributed by atoms with Gasteiger partial charge in [-0.05, 0) is 18.2 Å². The van der Waals surface area contributed by atoms with Gasteiger partial charge in [0.05, 0.1) is 19.9 Å². The third-order valence-corrected chi connectivity index (χ3v) is 4.33. The predicted molar refractivity (Wildman–Crippen MR) is 102 cm³/mol. The number of methoxy groups -OCH3 is 2. The van der Waals surface area contributed by atoms with E-state index in [1.54, 1.807) is 32.4 Å². The molecule has 0 saturated carbocycles. The zero-order valence-corrected chi connectivity index (χ0v) is 15.0. The van der Waals surface area contributed by atoms with E-state index in [0.717, 1.165) is 5.56 Å². The largest absolute Gasteiger partial charge is 0.493 e. The number of nitrogen functional groups attached to an aromatic ring is 1. The van der Waals surface area contributed by atoms with Crippen LogP contribution in [0.25, 0.3) is 22.4 Å². The van der Waals surface area contributed by atoms with Gasteiger partial charge in [0, 0.05) is 21.7 Å². The fraction of sp³-hybridized carbons (Fsp3) is 0.100. The molecule has 130 valence electrons. The van der Waals surface area contributed by atoms with Crippen molar-refractivity contribution in [1.29, 1.82) is 5.26 Å². The van der Waals surface area contributed by atoms with E-state index in [9.17, 15) is 5.26 Å². The van der Waals surface area contributed by atoms with Gasteiger partial charge >= 0.3 is 0 Å². The molecule has 1 heterocycles. The van der Waals surface area contributed by atoms with Crippen molar-refractivity contribution in [2.45, 2.75) is 0 Å². The Labute approximate surface area is 156 Å². The number of aromatic nitrogens is 1. The number of benzene rings is 2. The number of nitrogens with zero attached hydrogens (tertiary/aromatic N) is 2. The smallest absolute Gasteiger partial charge is 0.168 e. The van der Waals surface area contributed by atoms with Crippen LogP contribution < -0.4 is 15.2 Å². The highest BCUT2D eigenvalue weighted by Gasteiger charge is 2.19. The third-order valence-electron chi connectivity index (χ3n) is 4.00. The minimum absolute atomic E-state index is 0.129. The second kappa shape index (κ2) is 7.34. The lowest BCUT2D eigenvalue weighted by Gasteiger charge is -2.15. The van der Waals surface area contributed by atoms with E-state index < -0.39 is 0 Å². The molecule has 26 heavy (non-hydrogen) atoms. The monoisotopic (exact) mass is 365 g/mol. The molecule has 1 aromatic heterocycles. The Kier molecular flexibility index (Phi) is 4.97. The number of anilines is 1. The second-order valence-corrected chi connectivity index (χ2v) is 5.86. The first-order valence-electron chi connectivity index (χ1n) is 7.77. The highest BCUT2D eigenvalue weighted by atomic mass is 35.5. The summed E-state index contributed by atoms with van der Waals surface area (Å²) in [5.41, 5.74) is 8.94. The van der Waals surface area contributed by atoms with Gasteiger partial charge in [0.1, 0.15) is 17.5 Å². The molecule has 3 rings (SSSR count). The lowest BCUT2D eigenvalue weighted by molar-refractivity contribution is 0.356. The van der Waals surface area contributed by atoms with Crippen molar-refractivity contribution in [3.8, 4) is 40.0 Å². The molecule has 0 atom stereocenters. The molecular weight excluding hydrogens is 350 g/mol. The minimum Gasteiger partial charge on any atom is -0.493 e. The molecule has 0 bridgehead atoms. The van der Waals surface area contributed by atoms with Crippen molar-refractivity contribution in [1.82, 2.24) is 4.98 Å². The van der Waals surface area contributed by atoms with Crippen molar-refractivity contribution in [3.63, 3.8) is 0 Å². The van der Waals surface area contributed by atoms with Gasteiger partial charge < -0.3 is 15.2 Å². The van der Waals surface area contributed by atoms with Gasteiger partial charge in [-0.1, -0.05) is 41.9 Å². The van der Waals surface area contributed by atoms with Crippen LogP contribution in [0.1, 0.15) is 5.56 Å². The summed E-state index contributed by atoms with van der Waals surface area (Å²) in [7, 11) is 3.11. The Bertz CT molecular complexity index is 1010. The van der Waals surface area contributed by atoms with Crippen molar-refractivity contribution >= 4 is 17.4 Å². The molecule has 0 fully saturated rings. The van der Waals surface area contributed by atoms with Crippen LogP contribution in [0.3, 0.4) is 0 Å². The predicted octanol–water partition coefficient (Wildman–Crippen LogP) is 4.54. The third kappa shape index (κ3) is 3.03. The summed E-state index contributed by atoms with van der Waals surface area (Å²) in [5, 5.41) is 10.1. The molecule has 0 spiro atoms. The first-order valence-corrected chi connectivity index (χ1v) is 8.15. The number of halogens is 1. The summed E-state index contributed by atoms with van der Waals surface area (Å²) in [6.45, 7) is 0. The van der Waals surface area contributed by atoms with Crippen LogP contribution in [0.5, 0.6) is 11.5 Å². The maximum Gasteiger partial charge on any atom is 0.168 e. The van der Waals surface area contributed by atoms with Crippen LogP contribution >= 0.6 is 11.6 Å². The zero-order chi connectivity index (χ0) is 18.7. The summed E-state index contributed by atoms with van der Waals surface area (Å²) in [6.07, 6.45) is 0. The molecule has 0 amide bonds. The van der Waals surface area contributed by atoms with E-state index >= 15 is 0 Å². The summed E-state index contributed by atoms with van der Waals surface area (Å²) >= 11 is 6.30. The highest BCUT2D eigenvalue weighted by Crippen LogP contribution is 2.41. The van der Waals surface area contributed by atoms with E-state index in [1.165, 1.54) is 0 Å². The van der Waals surface area contributed by atoms with Gasteiger partial charge in [-0.2, -0.15) is 5.26 Å². The maximum absolute atomic E-state index is 9.60. The summed E-state index contributed by atoms with van der Waals surface area (Å²) in [6, 6.07) is 16.7. The molecule has 2 aromatic carbocycles. The maximum atomic E-state index is 9.60. The van der Waals surface area contributed by atoms with Gasteiger partial charge in [0.2, 0.25) is 0 Å². The van der Waals surface area contributed by atoms with Gasteiger partial charge in [0.15, 0.2) is 11.5 Å². The van der Waals surface area contributed by atoms with E-state index in [2.05, 4.69) is 11.1 Å². The average molecular weight is 366 g/mol. The van der Waals surface area contributed by atoms with Crippen LogP contribution in [0, 0.1) is 11.3 Å². The number of nitriles is 1. The molecule has 0 aliphatic rings. The summed E-state index contributed by atoms with van der Waals surface area (Å²) < 4.78 is 10.9. The fourth-order valence-corrected chi connectivity index (χ4v) is 3.03. The number of nitrogens with two attached hydrogens (primary N) is 1. The zero-order valence-electron chi connectivity index (χ0n) is 14.3. The van der Waals surface area contributed by atoms with Gasteiger partial charge in [-0.15, -0.1) is 0 Å². The Morgan fingerprint density at radius 1 is 1.00 bits per heavy atom. The number of hydrogen-bond acceptors (Lipinski definition) is 5. The lowest BCUT2D eigenvalue weighted by Crippen LogP contribution is -2.01. The Balaban J connectivity index is 2.32. The standard InChI is InChI=1S/C20H16ClN3O2/c1-25-18-9-5-7-12(19(18)26-2)14-10-17(24-20(23)15(14)11-22)13-6-3-4-8-16(13)21/h3-10H,1-2H3,(H2,23,24). The van der Waals surface area contributed by atoms with E-state index in [0.29, 0.717) is 33.3 Å². The van der Waals surface area contributed by atoms with Crippen molar-refractivity contribution in [2.24, 2.45) is 0 Å². The number of pyridine rings is 1. The molecular formula is C20H16ClN3O2. The molecule has 2 N–H and O–H groups in total. The molecule has 0 saturated heterocycles. The molecule has 5 nitrogen and oxygen atoms in total. The van der Waals surface area contributed by atoms with Gasteiger partial charge in [-0.3, -0.25) is 0 Å². The minimum atomic E-state index is 0.129. The second-order valence-electron chi connectivity index (χ2n) is 5.45. The lowest BCUT2D eigenvalue weighted by atomic mass is 9.97. The Morgan fingerprint density at radius 2 is 1.73 bits per heavy atom. The summed E-state index contributed by atoms with van der Waals surface area (Å²) in [4.78, 5) is 4.36. The van der Waals surface area contributed by atoms with Crippen molar-refractivity contribution in [3.05, 3.63) is 59.1 Å². The normalized spacial score (nSPS) is 10.2. The Morgan fingerprint density at radius 3 is 2.38 bits per heavy atom. The molecule has 0 aliphatic heterocycles.